The van der Waals surface area contributed by atoms with Crippen LogP contribution in [0.15, 0.2) is 17.3 Å². The van der Waals surface area contributed by atoms with E-state index in [-0.39, 0.29) is 0 Å². The molecule has 0 atom stereocenters. The van der Waals surface area contributed by atoms with Crippen LogP contribution in [0.25, 0.3) is 5.65 Å². The van der Waals surface area contributed by atoms with Gasteiger partial charge < -0.3 is 9.47 Å². The molecular formula is C11H14BrN5O2. The highest BCUT2D eigenvalue weighted by Gasteiger charge is 2.12. The van der Waals surface area contributed by atoms with Gasteiger partial charge in [0, 0.05) is 19.6 Å². The number of halogens is 1. The highest BCUT2D eigenvalue weighted by atomic mass is 79.9. The van der Waals surface area contributed by atoms with Crippen LogP contribution in [0.3, 0.4) is 0 Å². The molecule has 0 aromatic carbocycles. The smallest absolute Gasteiger partial charge is 0.206 e. The molecule has 8 heteroatoms. The molecule has 2 aromatic rings. The second kappa shape index (κ2) is 5.81. The lowest BCUT2D eigenvalue weighted by Crippen LogP contribution is -2.38. The Morgan fingerprint density at radius 1 is 1.37 bits per heavy atom. The Hall–Kier alpha value is -1.25. The molecule has 0 aliphatic carbocycles. The SMILES string of the molecule is Brc1ncc(OCCN2CCOCC2)c2nncn12. The van der Waals surface area contributed by atoms with Crippen LogP contribution in [-0.2, 0) is 4.74 Å². The van der Waals surface area contributed by atoms with Crippen molar-refractivity contribution in [2.75, 3.05) is 39.5 Å². The number of ether oxygens (including phenoxy) is 2. The Morgan fingerprint density at radius 2 is 2.21 bits per heavy atom. The topological polar surface area (TPSA) is 64.8 Å². The first-order valence-corrected chi connectivity index (χ1v) is 6.91. The molecule has 19 heavy (non-hydrogen) atoms. The third-order valence-corrected chi connectivity index (χ3v) is 3.61. The van der Waals surface area contributed by atoms with Gasteiger partial charge in [-0.25, -0.2) is 4.98 Å². The van der Waals surface area contributed by atoms with Crippen molar-refractivity contribution in [1.82, 2.24) is 24.5 Å². The van der Waals surface area contributed by atoms with Gasteiger partial charge in [-0.15, -0.1) is 10.2 Å². The standard InChI is InChI=1S/C11H14BrN5O2/c12-11-13-7-9(10-15-14-8-17(10)11)19-6-3-16-1-4-18-5-2-16/h7-8H,1-6H2. The van der Waals surface area contributed by atoms with Crippen LogP contribution < -0.4 is 4.74 Å². The van der Waals surface area contributed by atoms with Crippen molar-refractivity contribution in [3.63, 3.8) is 0 Å². The molecule has 0 N–H and O–H groups in total. The minimum atomic E-state index is 0.603. The fraction of sp³-hybridized carbons (Fsp3) is 0.545. The third-order valence-electron chi connectivity index (χ3n) is 3.02. The van der Waals surface area contributed by atoms with E-state index in [9.17, 15) is 0 Å². The summed E-state index contributed by atoms with van der Waals surface area (Å²) >= 11 is 3.34. The summed E-state index contributed by atoms with van der Waals surface area (Å²) in [6, 6.07) is 0. The summed E-state index contributed by atoms with van der Waals surface area (Å²) in [5, 5.41) is 7.89. The molecule has 0 amide bonds. The van der Waals surface area contributed by atoms with E-state index in [1.807, 2.05) is 0 Å². The van der Waals surface area contributed by atoms with Crippen molar-refractivity contribution in [1.29, 1.82) is 0 Å². The van der Waals surface area contributed by atoms with Crippen LogP contribution in [0, 0.1) is 0 Å². The Morgan fingerprint density at radius 3 is 3.05 bits per heavy atom. The van der Waals surface area contributed by atoms with E-state index in [4.69, 9.17) is 9.47 Å². The average molecular weight is 328 g/mol. The second-order valence-electron chi connectivity index (χ2n) is 4.22. The number of morpholine rings is 1. The molecule has 1 saturated heterocycles. The molecular weight excluding hydrogens is 314 g/mol. The van der Waals surface area contributed by atoms with Gasteiger partial charge in [0.05, 0.1) is 19.4 Å². The van der Waals surface area contributed by atoms with Crippen molar-refractivity contribution >= 4 is 21.6 Å². The van der Waals surface area contributed by atoms with Crippen LogP contribution >= 0.6 is 15.9 Å². The predicted octanol–water partition coefficient (Wildman–Crippen LogP) is 0.598. The molecule has 7 nitrogen and oxygen atoms in total. The van der Waals surface area contributed by atoms with Gasteiger partial charge in [0.25, 0.3) is 0 Å². The van der Waals surface area contributed by atoms with Gasteiger partial charge in [0.15, 0.2) is 10.5 Å². The molecule has 0 bridgehead atoms. The van der Waals surface area contributed by atoms with Crippen molar-refractivity contribution in [2.45, 2.75) is 0 Å². The molecule has 102 valence electrons. The first kappa shape index (κ1) is 12.8. The summed E-state index contributed by atoms with van der Waals surface area (Å²) in [6.07, 6.45) is 3.26. The summed E-state index contributed by atoms with van der Waals surface area (Å²) in [6.45, 7) is 5.00. The Balaban J connectivity index is 1.62. The average Bonchev–Trinajstić information content (AvgIpc) is 2.93. The van der Waals surface area contributed by atoms with E-state index in [2.05, 4.69) is 36.0 Å². The maximum Gasteiger partial charge on any atom is 0.206 e. The normalized spacial score (nSPS) is 16.9. The molecule has 0 spiro atoms. The number of nitrogens with zero attached hydrogens (tertiary/aromatic N) is 5. The van der Waals surface area contributed by atoms with Gasteiger partial charge in [-0.3, -0.25) is 9.30 Å². The van der Waals surface area contributed by atoms with Crippen LogP contribution in [0.5, 0.6) is 5.75 Å². The first-order valence-electron chi connectivity index (χ1n) is 6.12. The summed E-state index contributed by atoms with van der Waals surface area (Å²) in [7, 11) is 0. The molecule has 0 saturated carbocycles. The Bertz CT molecular complexity index is 555. The van der Waals surface area contributed by atoms with E-state index in [1.165, 1.54) is 0 Å². The molecule has 1 aliphatic rings. The number of hydrogen-bond acceptors (Lipinski definition) is 6. The van der Waals surface area contributed by atoms with Gasteiger partial charge in [-0.1, -0.05) is 0 Å². The monoisotopic (exact) mass is 327 g/mol. The Kier molecular flexibility index (Phi) is 3.90. The lowest BCUT2D eigenvalue weighted by molar-refractivity contribution is 0.0323. The summed E-state index contributed by atoms with van der Waals surface area (Å²) in [5.74, 6) is 0.647. The van der Waals surface area contributed by atoms with Crippen molar-refractivity contribution in [3.05, 3.63) is 17.3 Å². The quantitative estimate of drug-likeness (QED) is 0.766. The number of hydrogen-bond donors (Lipinski definition) is 0. The van der Waals surface area contributed by atoms with Gasteiger partial charge >= 0.3 is 0 Å². The lowest BCUT2D eigenvalue weighted by Gasteiger charge is -2.26. The van der Waals surface area contributed by atoms with Gasteiger partial charge in [-0.05, 0) is 15.9 Å². The van der Waals surface area contributed by atoms with Crippen molar-refractivity contribution < 1.29 is 9.47 Å². The van der Waals surface area contributed by atoms with Crippen molar-refractivity contribution in [3.8, 4) is 5.75 Å². The maximum absolute atomic E-state index is 5.75. The van der Waals surface area contributed by atoms with E-state index >= 15 is 0 Å². The number of rotatable bonds is 4. The maximum atomic E-state index is 5.75. The molecule has 3 rings (SSSR count). The Labute approximate surface area is 118 Å². The molecule has 0 unspecified atom stereocenters. The molecule has 1 aliphatic heterocycles. The van der Waals surface area contributed by atoms with Crippen LogP contribution in [0.4, 0.5) is 0 Å². The predicted molar refractivity (Wildman–Crippen MR) is 71.2 cm³/mol. The van der Waals surface area contributed by atoms with E-state index in [0.717, 1.165) is 32.8 Å². The lowest BCUT2D eigenvalue weighted by atomic mass is 10.4. The van der Waals surface area contributed by atoms with Gasteiger partial charge in [0.1, 0.15) is 12.9 Å². The summed E-state index contributed by atoms with van der Waals surface area (Å²) in [4.78, 5) is 6.50. The molecule has 2 aromatic heterocycles. The fourth-order valence-corrected chi connectivity index (χ4v) is 2.34. The molecule has 3 heterocycles. The highest BCUT2D eigenvalue weighted by molar-refractivity contribution is 9.10. The second-order valence-corrected chi connectivity index (χ2v) is 4.93. The minimum absolute atomic E-state index is 0.603. The van der Waals surface area contributed by atoms with E-state index < -0.39 is 0 Å². The third kappa shape index (κ3) is 2.85. The highest BCUT2D eigenvalue weighted by Crippen LogP contribution is 2.19. The van der Waals surface area contributed by atoms with Gasteiger partial charge in [-0.2, -0.15) is 0 Å². The van der Waals surface area contributed by atoms with Crippen LogP contribution in [0.2, 0.25) is 0 Å². The number of fused-ring (bicyclic) bond motifs is 1. The summed E-state index contributed by atoms with van der Waals surface area (Å²) in [5.41, 5.74) is 0.670. The van der Waals surface area contributed by atoms with E-state index in [0.29, 0.717) is 22.7 Å². The zero-order valence-electron chi connectivity index (χ0n) is 10.3. The first-order chi connectivity index (χ1) is 9.34. The van der Waals surface area contributed by atoms with Crippen molar-refractivity contribution in [2.24, 2.45) is 0 Å². The zero-order chi connectivity index (χ0) is 13.1. The van der Waals surface area contributed by atoms with E-state index in [1.54, 1.807) is 16.9 Å². The fourth-order valence-electron chi connectivity index (χ4n) is 1.98. The summed E-state index contributed by atoms with van der Waals surface area (Å²) < 4.78 is 13.5. The van der Waals surface area contributed by atoms with Crippen LogP contribution in [-0.4, -0.2) is 63.9 Å². The van der Waals surface area contributed by atoms with Gasteiger partial charge in [0.2, 0.25) is 5.65 Å². The molecule has 0 radical (unpaired) electrons. The molecule has 1 fully saturated rings. The zero-order valence-corrected chi connectivity index (χ0v) is 11.9. The number of aromatic nitrogens is 4. The minimum Gasteiger partial charge on any atom is -0.487 e. The largest absolute Gasteiger partial charge is 0.487 e. The van der Waals surface area contributed by atoms with Crippen LogP contribution in [0.1, 0.15) is 0 Å².